The van der Waals surface area contributed by atoms with Gasteiger partial charge >= 0.3 is 6.03 Å². The van der Waals surface area contributed by atoms with Gasteiger partial charge in [-0.1, -0.05) is 24.3 Å². The number of methoxy groups -OCH3 is 2. The van der Waals surface area contributed by atoms with Crippen molar-refractivity contribution in [2.45, 2.75) is 6.92 Å². The molecule has 5 heteroatoms. The van der Waals surface area contributed by atoms with Gasteiger partial charge in [-0.05, 0) is 24.1 Å². The first-order chi connectivity index (χ1) is 10.2. The third-order valence-electron chi connectivity index (χ3n) is 3.08. The molecule has 1 rings (SSSR count). The maximum absolute atomic E-state index is 12.1. The van der Waals surface area contributed by atoms with Gasteiger partial charge in [0.15, 0.2) is 0 Å². The summed E-state index contributed by atoms with van der Waals surface area (Å²) < 4.78 is 10.0. The molecule has 0 heterocycles. The van der Waals surface area contributed by atoms with Crippen LogP contribution in [0.25, 0.3) is 6.08 Å². The fourth-order valence-electron chi connectivity index (χ4n) is 1.79. The van der Waals surface area contributed by atoms with E-state index in [-0.39, 0.29) is 6.03 Å². The third-order valence-corrected chi connectivity index (χ3v) is 3.08. The van der Waals surface area contributed by atoms with E-state index in [1.807, 2.05) is 37.3 Å². The molecule has 0 aliphatic rings. The summed E-state index contributed by atoms with van der Waals surface area (Å²) in [6.45, 7) is 4.09. The molecule has 2 amide bonds. The van der Waals surface area contributed by atoms with Crippen LogP contribution in [0.5, 0.6) is 0 Å². The van der Waals surface area contributed by atoms with E-state index in [9.17, 15) is 4.79 Å². The molecule has 116 valence electrons. The zero-order valence-corrected chi connectivity index (χ0v) is 13.0. The highest BCUT2D eigenvalue weighted by Gasteiger charge is 2.11. The molecule has 0 spiro atoms. The Morgan fingerprint density at radius 3 is 2.38 bits per heavy atom. The maximum Gasteiger partial charge on any atom is 0.321 e. The van der Waals surface area contributed by atoms with Gasteiger partial charge in [0.25, 0.3) is 0 Å². The average molecular weight is 292 g/mol. The fraction of sp³-hybridized carbons (Fsp3) is 0.438. The number of nitrogens with one attached hydrogen (secondary N) is 1. The average Bonchev–Trinajstić information content (AvgIpc) is 2.49. The number of aryl methyl sites for hydroxylation is 1. The van der Waals surface area contributed by atoms with Gasteiger partial charge in [-0.3, -0.25) is 0 Å². The lowest BCUT2D eigenvalue weighted by molar-refractivity contribution is 0.124. The standard InChI is InChI=1S/C16H24N2O3/c1-14-6-4-5-7-15(14)8-9-17-16(19)18(10-12-20-2)11-13-21-3/h4-9H,10-13H2,1-3H3,(H,17,19)/b9-8+. The van der Waals surface area contributed by atoms with Crippen molar-refractivity contribution >= 4 is 12.1 Å². The highest BCUT2D eigenvalue weighted by Crippen LogP contribution is 2.08. The predicted octanol–water partition coefficient (Wildman–Crippen LogP) is 2.27. The number of hydrogen-bond acceptors (Lipinski definition) is 3. The second kappa shape index (κ2) is 9.96. The molecule has 0 unspecified atom stereocenters. The predicted molar refractivity (Wildman–Crippen MR) is 84.1 cm³/mol. The molecule has 0 saturated heterocycles. The molecule has 0 aromatic heterocycles. The summed E-state index contributed by atoms with van der Waals surface area (Å²) in [5, 5.41) is 2.77. The van der Waals surface area contributed by atoms with Gasteiger partial charge in [0.05, 0.1) is 13.2 Å². The minimum absolute atomic E-state index is 0.158. The van der Waals surface area contributed by atoms with Crippen LogP contribution in [0, 0.1) is 6.92 Å². The molecule has 0 aliphatic heterocycles. The molecular weight excluding hydrogens is 268 g/mol. The van der Waals surface area contributed by atoms with Gasteiger partial charge in [0.1, 0.15) is 0 Å². The zero-order chi connectivity index (χ0) is 15.5. The molecule has 0 saturated carbocycles. The molecule has 0 bridgehead atoms. The van der Waals surface area contributed by atoms with Crippen molar-refractivity contribution in [3.05, 3.63) is 41.6 Å². The van der Waals surface area contributed by atoms with Crippen LogP contribution >= 0.6 is 0 Å². The summed E-state index contributed by atoms with van der Waals surface area (Å²) in [7, 11) is 3.23. The smallest absolute Gasteiger partial charge is 0.321 e. The van der Waals surface area contributed by atoms with Crippen molar-refractivity contribution in [3.63, 3.8) is 0 Å². The van der Waals surface area contributed by atoms with Crippen molar-refractivity contribution in [3.8, 4) is 0 Å². The summed E-state index contributed by atoms with van der Waals surface area (Å²) >= 11 is 0. The monoisotopic (exact) mass is 292 g/mol. The normalized spacial score (nSPS) is 10.8. The molecule has 0 atom stereocenters. The number of carbonyl (C=O) groups is 1. The Balaban J connectivity index is 2.54. The lowest BCUT2D eigenvalue weighted by atomic mass is 10.1. The second-order valence-electron chi connectivity index (χ2n) is 4.61. The van der Waals surface area contributed by atoms with Crippen LogP contribution < -0.4 is 5.32 Å². The Labute approximate surface area is 126 Å². The highest BCUT2D eigenvalue weighted by molar-refractivity contribution is 5.76. The number of amides is 2. The fourth-order valence-corrected chi connectivity index (χ4v) is 1.79. The number of urea groups is 1. The van der Waals surface area contributed by atoms with E-state index in [0.717, 1.165) is 5.56 Å². The zero-order valence-electron chi connectivity index (χ0n) is 13.0. The van der Waals surface area contributed by atoms with Gasteiger partial charge in [-0.15, -0.1) is 0 Å². The summed E-state index contributed by atoms with van der Waals surface area (Å²) in [4.78, 5) is 13.7. The lowest BCUT2D eigenvalue weighted by Gasteiger charge is -2.21. The number of ether oxygens (including phenoxy) is 2. The van der Waals surface area contributed by atoms with Crippen molar-refractivity contribution in [1.82, 2.24) is 10.2 Å². The maximum atomic E-state index is 12.1. The summed E-state index contributed by atoms with van der Waals surface area (Å²) in [5.74, 6) is 0. The molecule has 5 nitrogen and oxygen atoms in total. The quantitative estimate of drug-likeness (QED) is 0.799. The summed E-state index contributed by atoms with van der Waals surface area (Å²) in [6, 6.07) is 7.84. The third kappa shape index (κ3) is 6.42. The minimum atomic E-state index is -0.158. The van der Waals surface area contributed by atoms with Gasteiger partial charge in [-0.25, -0.2) is 4.79 Å². The number of hydrogen-bond donors (Lipinski definition) is 1. The van der Waals surface area contributed by atoms with Gasteiger partial charge in [0.2, 0.25) is 0 Å². The van der Waals surface area contributed by atoms with E-state index < -0.39 is 0 Å². The number of benzene rings is 1. The topological polar surface area (TPSA) is 50.8 Å². The highest BCUT2D eigenvalue weighted by atomic mass is 16.5. The van der Waals surface area contributed by atoms with E-state index in [0.29, 0.717) is 26.3 Å². The Kier molecular flexibility index (Phi) is 8.16. The van der Waals surface area contributed by atoms with E-state index in [2.05, 4.69) is 5.32 Å². The molecule has 0 aliphatic carbocycles. The summed E-state index contributed by atoms with van der Waals surface area (Å²) in [5.41, 5.74) is 2.25. The van der Waals surface area contributed by atoms with Crippen molar-refractivity contribution in [1.29, 1.82) is 0 Å². The number of rotatable bonds is 8. The number of carbonyl (C=O) groups excluding carboxylic acids is 1. The lowest BCUT2D eigenvalue weighted by Crippen LogP contribution is -2.41. The van der Waals surface area contributed by atoms with Crippen LogP contribution in [0.1, 0.15) is 11.1 Å². The first-order valence-corrected chi connectivity index (χ1v) is 6.94. The van der Waals surface area contributed by atoms with Crippen LogP contribution in [0.2, 0.25) is 0 Å². The van der Waals surface area contributed by atoms with Crippen LogP contribution in [0.4, 0.5) is 4.79 Å². The van der Waals surface area contributed by atoms with Crippen molar-refractivity contribution in [2.24, 2.45) is 0 Å². The molecule has 0 fully saturated rings. The van der Waals surface area contributed by atoms with E-state index in [4.69, 9.17) is 9.47 Å². The molecule has 21 heavy (non-hydrogen) atoms. The Morgan fingerprint density at radius 2 is 1.81 bits per heavy atom. The van der Waals surface area contributed by atoms with Gasteiger partial charge in [0, 0.05) is 33.5 Å². The molecular formula is C16H24N2O3. The Bertz CT molecular complexity index is 453. The number of nitrogens with zero attached hydrogens (tertiary/aromatic N) is 1. The van der Waals surface area contributed by atoms with E-state index in [1.54, 1.807) is 25.3 Å². The molecule has 1 aromatic carbocycles. The van der Waals surface area contributed by atoms with E-state index in [1.165, 1.54) is 5.56 Å². The minimum Gasteiger partial charge on any atom is -0.383 e. The van der Waals surface area contributed by atoms with Gasteiger partial charge in [-0.2, -0.15) is 0 Å². The molecule has 1 N–H and O–H groups in total. The van der Waals surface area contributed by atoms with Crippen LogP contribution in [0.3, 0.4) is 0 Å². The SMILES string of the molecule is COCCN(CCOC)C(=O)N/C=C/c1ccccc1C. The summed E-state index contributed by atoms with van der Waals surface area (Å²) in [6.07, 6.45) is 3.55. The van der Waals surface area contributed by atoms with E-state index >= 15 is 0 Å². The van der Waals surface area contributed by atoms with Crippen molar-refractivity contribution < 1.29 is 14.3 Å². The van der Waals surface area contributed by atoms with Crippen molar-refractivity contribution in [2.75, 3.05) is 40.5 Å². The first-order valence-electron chi connectivity index (χ1n) is 6.94. The second-order valence-corrected chi connectivity index (χ2v) is 4.61. The Morgan fingerprint density at radius 1 is 1.19 bits per heavy atom. The molecule has 0 radical (unpaired) electrons. The molecule has 1 aromatic rings. The Hall–Kier alpha value is -1.85. The van der Waals surface area contributed by atoms with Crippen LogP contribution in [0.15, 0.2) is 30.5 Å². The van der Waals surface area contributed by atoms with Crippen LogP contribution in [-0.2, 0) is 9.47 Å². The first kappa shape index (κ1) is 17.2. The van der Waals surface area contributed by atoms with Crippen LogP contribution in [-0.4, -0.2) is 51.5 Å². The largest absolute Gasteiger partial charge is 0.383 e. The van der Waals surface area contributed by atoms with Gasteiger partial charge < -0.3 is 19.7 Å².